The van der Waals surface area contributed by atoms with Crippen LogP contribution in [-0.4, -0.2) is 39.2 Å². The molecule has 1 aliphatic rings. The Morgan fingerprint density at radius 1 is 1.52 bits per heavy atom. The van der Waals surface area contributed by atoms with Gasteiger partial charge in [-0.2, -0.15) is 4.98 Å². The first kappa shape index (κ1) is 14.2. The molecule has 0 aromatic carbocycles. The number of aliphatic carboxylic acids is 1. The predicted molar refractivity (Wildman–Crippen MR) is 78.0 cm³/mol. The monoisotopic (exact) mass is 307 g/mol. The summed E-state index contributed by atoms with van der Waals surface area (Å²) in [6, 6.07) is 3.93. The van der Waals surface area contributed by atoms with Crippen LogP contribution in [0.15, 0.2) is 22.0 Å². The highest BCUT2D eigenvalue weighted by Gasteiger charge is 2.29. The van der Waals surface area contributed by atoms with Crippen molar-refractivity contribution in [2.75, 3.05) is 13.1 Å². The minimum absolute atomic E-state index is 0.0148. The SMILES string of the molecule is CC(c1nc(-c2cccs2)no1)N1CCC(C(=O)O)CC1. The third-order valence-electron chi connectivity index (χ3n) is 3.97. The highest BCUT2D eigenvalue weighted by atomic mass is 32.1. The van der Waals surface area contributed by atoms with E-state index < -0.39 is 5.97 Å². The van der Waals surface area contributed by atoms with Crippen molar-refractivity contribution in [2.45, 2.75) is 25.8 Å². The zero-order valence-corrected chi connectivity index (χ0v) is 12.5. The molecule has 3 heterocycles. The summed E-state index contributed by atoms with van der Waals surface area (Å²) in [5.74, 6) is 0.289. The van der Waals surface area contributed by atoms with Crippen molar-refractivity contribution in [1.29, 1.82) is 0 Å². The zero-order chi connectivity index (χ0) is 14.8. The number of piperidine rings is 1. The van der Waals surface area contributed by atoms with Gasteiger partial charge in [0.05, 0.1) is 16.8 Å². The van der Waals surface area contributed by atoms with E-state index in [-0.39, 0.29) is 12.0 Å². The molecule has 0 bridgehead atoms. The molecule has 21 heavy (non-hydrogen) atoms. The van der Waals surface area contributed by atoms with Crippen LogP contribution >= 0.6 is 11.3 Å². The lowest BCUT2D eigenvalue weighted by atomic mass is 9.96. The van der Waals surface area contributed by atoms with Gasteiger partial charge in [0.15, 0.2) is 0 Å². The number of nitrogens with zero attached hydrogens (tertiary/aromatic N) is 3. The Bertz CT molecular complexity index is 603. The molecule has 2 aromatic rings. The van der Waals surface area contributed by atoms with Crippen LogP contribution in [0.2, 0.25) is 0 Å². The Morgan fingerprint density at radius 2 is 2.29 bits per heavy atom. The number of carboxylic acids is 1. The fourth-order valence-electron chi connectivity index (χ4n) is 2.60. The van der Waals surface area contributed by atoms with Gasteiger partial charge in [0, 0.05) is 0 Å². The van der Waals surface area contributed by atoms with Gasteiger partial charge in [0.2, 0.25) is 11.7 Å². The average Bonchev–Trinajstić information content (AvgIpc) is 3.17. The summed E-state index contributed by atoms with van der Waals surface area (Å²) in [5, 5.41) is 15.0. The van der Waals surface area contributed by atoms with Gasteiger partial charge in [0.25, 0.3) is 0 Å². The summed E-state index contributed by atoms with van der Waals surface area (Å²) in [6.45, 7) is 3.51. The molecule has 7 heteroatoms. The van der Waals surface area contributed by atoms with Crippen molar-refractivity contribution in [1.82, 2.24) is 15.0 Å². The number of aromatic nitrogens is 2. The minimum Gasteiger partial charge on any atom is -0.481 e. The molecule has 0 aliphatic carbocycles. The van der Waals surface area contributed by atoms with Crippen LogP contribution in [0.3, 0.4) is 0 Å². The summed E-state index contributed by atoms with van der Waals surface area (Å²) < 4.78 is 5.37. The summed E-state index contributed by atoms with van der Waals surface area (Å²) >= 11 is 1.58. The Labute approximate surface area is 126 Å². The standard InChI is InChI=1S/C14H17N3O3S/c1-9(17-6-4-10(5-7-17)14(18)19)13-15-12(16-20-13)11-3-2-8-21-11/h2-3,8-10H,4-7H2,1H3,(H,18,19). The van der Waals surface area contributed by atoms with E-state index in [1.54, 1.807) is 11.3 Å². The summed E-state index contributed by atoms with van der Waals surface area (Å²) in [6.07, 6.45) is 1.34. The third kappa shape index (κ3) is 2.98. The Hall–Kier alpha value is -1.73. The second-order valence-electron chi connectivity index (χ2n) is 5.26. The Morgan fingerprint density at radius 3 is 2.90 bits per heavy atom. The Balaban J connectivity index is 1.66. The largest absolute Gasteiger partial charge is 0.481 e. The van der Waals surface area contributed by atoms with Gasteiger partial charge < -0.3 is 9.63 Å². The van der Waals surface area contributed by atoms with Crippen molar-refractivity contribution < 1.29 is 14.4 Å². The number of carbonyl (C=O) groups is 1. The third-order valence-corrected chi connectivity index (χ3v) is 4.83. The van der Waals surface area contributed by atoms with Gasteiger partial charge in [-0.15, -0.1) is 11.3 Å². The molecule has 1 unspecified atom stereocenters. The highest BCUT2D eigenvalue weighted by Crippen LogP contribution is 2.28. The lowest BCUT2D eigenvalue weighted by Gasteiger charge is -2.32. The number of carboxylic acid groups (broad SMARTS) is 1. The summed E-state index contributed by atoms with van der Waals surface area (Å²) in [5.41, 5.74) is 0. The molecule has 1 atom stereocenters. The predicted octanol–water partition coefficient (Wildman–Crippen LogP) is 2.66. The van der Waals surface area contributed by atoms with E-state index in [0.29, 0.717) is 24.6 Å². The topological polar surface area (TPSA) is 79.5 Å². The molecule has 1 fully saturated rings. The molecule has 112 valence electrons. The van der Waals surface area contributed by atoms with Crippen LogP contribution in [0.25, 0.3) is 10.7 Å². The van der Waals surface area contributed by atoms with Crippen LogP contribution in [0.1, 0.15) is 31.7 Å². The van der Waals surface area contributed by atoms with Crippen LogP contribution < -0.4 is 0 Å². The van der Waals surface area contributed by atoms with E-state index >= 15 is 0 Å². The molecule has 1 aliphatic heterocycles. The molecule has 0 amide bonds. The molecule has 0 radical (unpaired) electrons. The van der Waals surface area contributed by atoms with Gasteiger partial charge in [0.1, 0.15) is 0 Å². The molecule has 3 rings (SSSR count). The summed E-state index contributed by atoms with van der Waals surface area (Å²) in [7, 11) is 0. The number of likely N-dealkylation sites (tertiary alicyclic amines) is 1. The maximum Gasteiger partial charge on any atom is 0.306 e. The molecule has 6 nitrogen and oxygen atoms in total. The molecular weight excluding hydrogens is 290 g/mol. The molecule has 2 aromatic heterocycles. The van der Waals surface area contributed by atoms with Crippen molar-refractivity contribution >= 4 is 17.3 Å². The lowest BCUT2D eigenvalue weighted by molar-refractivity contribution is -0.143. The fraction of sp³-hybridized carbons (Fsp3) is 0.500. The van der Waals surface area contributed by atoms with E-state index in [1.165, 1.54) is 0 Å². The van der Waals surface area contributed by atoms with E-state index in [2.05, 4.69) is 15.0 Å². The fourth-order valence-corrected chi connectivity index (χ4v) is 3.25. The second kappa shape index (κ2) is 5.95. The van der Waals surface area contributed by atoms with Crippen LogP contribution in [0.4, 0.5) is 0 Å². The second-order valence-corrected chi connectivity index (χ2v) is 6.21. The Kier molecular flexibility index (Phi) is 4.03. The van der Waals surface area contributed by atoms with Crippen LogP contribution in [-0.2, 0) is 4.79 Å². The van der Waals surface area contributed by atoms with Gasteiger partial charge in [-0.3, -0.25) is 9.69 Å². The van der Waals surface area contributed by atoms with E-state index in [9.17, 15) is 4.79 Å². The molecular formula is C14H17N3O3S. The maximum absolute atomic E-state index is 11.0. The van der Waals surface area contributed by atoms with Crippen LogP contribution in [0.5, 0.6) is 0 Å². The van der Waals surface area contributed by atoms with Gasteiger partial charge >= 0.3 is 5.97 Å². The van der Waals surface area contributed by atoms with Crippen molar-refractivity contribution in [3.8, 4) is 10.7 Å². The van der Waals surface area contributed by atoms with Gasteiger partial charge in [-0.05, 0) is 44.3 Å². The van der Waals surface area contributed by atoms with E-state index in [0.717, 1.165) is 18.0 Å². The van der Waals surface area contributed by atoms with Crippen molar-refractivity contribution in [3.05, 3.63) is 23.4 Å². The molecule has 1 N–H and O–H groups in total. The van der Waals surface area contributed by atoms with Crippen molar-refractivity contribution in [2.24, 2.45) is 5.92 Å². The first-order valence-electron chi connectivity index (χ1n) is 6.99. The van der Waals surface area contributed by atoms with Gasteiger partial charge in [-0.25, -0.2) is 0 Å². The van der Waals surface area contributed by atoms with E-state index in [1.807, 2.05) is 24.4 Å². The molecule has 0 spiro atoms. The lowest BCUT2D eigenvalue weighted by Crippen LogP contribution is -2.37. The highest BCUT2D eigenvalue weighted by molar-refractivity contribution is 7.13. The number of hydrogen-bond acceptors (Lipinski definition) is 6. The molecule has 1 saturated heterocycles. The number of thiophene rings is 1. The number of rotatable bonds is 4. The van der Waals surface area contributed by atoms with Crippen molar-refractivity contribution in [3.63, 3.8) is 0 Å². The quantitative estimate of drug-likeness (QED) is 0.935. The first-order chi connectivity index (χ1) is 10.1. The number of hydrogen-bond donors (Lipinski definition) is 1. The smallest absolute Gasteiger partial charge is 0.306 e. The summed E-state index contributed by atoms with van der Waals surface area (Å²) in [4.78, 5) is 18.6. The molecule has 0 saturated carbocycles. The zero-order valence-electron chi connectivity index (χ0n) is 11.7. The van der Waals surface area contributed by atoms with Gasteiger partial charge in [-0.1, -0.05) is 11.2 Å². The maximum atomic E-state index is 11.0. The van der Waals surface area contributed by atoms with E-state index in [4.69, 9.17) is 9.63 Å². The van der Waals surface area contributed by atoms with Crippen LogP contribution in [0, 0.1) is 5.92 Å². The first-order valence-corrected chi connectivity index (χ1v) is 7.87. The minimum atomic E-state index is -0.694. The normalized spacial score (nSPS) is 18.7. The average molecular weight is 307 g/mol.